The third-order valence-electron chi connectivity index (χ3n) is 6.65. The highest BCUT2D eigenvalue weighted by Gasteiger charge is 2.17. The second-order valence-electron chi connectivity index (χ2n) is 9.66. The van der Waals surface area contributed by atoms with Crippen LogP contribution in [0, 0.1) is 5.41 Å². The smallest absolute Gasteiger partial charge is 0.220 e. The summed E-state index contributed by atoms with van der Waals surface area (Å²) in [6.45, 7) is 18.6. The number of carbonyl (C=O) groups is 3. The van der Waals surface area contributed by atoms with E-state index in [1.807, 2.05) is 39.6 Å². The fourth-order valence-electron chi connectivity index (χ4n) is 4.27. The largest absolute Gasteiger partial charge is 0.353 e. The van der Waals surface area contributed by atoms with Crippen LogP contribution in [0.1, 0.15) is 135 Å². The van der Waals surface area contributed by atoms with E-state index in [0.29, 0.717) is 18.1 Å². The van der Waals surface area contributed by atoms with Gasteiger partial charge in [0.2, 0.25) is 5.91 Å². The fraction of sp³-hybridized carbons (Fsp3) is 0.556. The molecule has 0 saturated heterocycles. The molecule has 2 aromatic rings. The molecule has 2 aromatic carbocycles. The summed E-state index contributed by atoms with van der Waals surface area (Å²) in [6, 6.07) is 19.1. The van der Waals surface area contributed by atoms with Gasteiger partial charge in [-0.3, -0.25) is 4.79 Å². The summed E-state index contributed by atoms with van der Waals surface area (Å²) >= 11 is 0. The van der Waals surface area contributed by atoms with Gasteiger partial charge in [-0.25, -0.2) is 0 Å². The Hall–Kier alpha value is -3.08. The number of amides is 1. The lowest BCUT2D eigenvalue weighted by Gasteiger charge is -2.23. The average molecular weight is 569 g/mol. The topological polar surface area (TPSA) is 87.1 Å². The maximum absolute atomic E-state index is 12.4. The van der Waals surface area contributed by atoms with E-state index in [-0.39, 0.29) is 11.9 Å². The van der Waals surface area contributed by atoms with E-state index in [1.165, 1.54) is 36.8 Å². The predicted molar refractivity (Wildman–Crippen MR) is 178 cm³/mol. The first-order chi connectivity index (χ1) is 19.9. The van der Waals surface area contributed by atoms with E-state index < -0.39 is 0 Å². The second-order valence-corrected chi connectivity index (χ2v) is 9.66. The quantitative estimate of drug-likeness (QED) is 0.166. The number of hydrogen-bond donors (Lipinski definition) is 2. The third-order valence-corrected chi connectivity index (χ3v) is 6.65. The molecule has 0 fully saturated rings. The van der Waals surface area contributed by atoms with Gasteiger partial charge >= 0.3 is 0 Å². The monoisotopic (exact) mass is 568 g/mol. The van der Waals surface area contributed by atoms with Gasteiger partial charge in [-0.1, -0.05) is 122 Å². The highest BCUT2D eigenvalue weighted by molar-refractivity contribution is 5.96. The van der Waals surface area contributed by atoms with Gasteiger partial charge in [-0.05, 0) is 68.1 Å². The van der Waals surface area contributed by atoms with Gasteiger partial charge in [0.15, 0.2) is 0 Å². The second kappa shape index (κ2) is 31.4. The van der Waals surface area contributed by atoms with Crippen LogP contribution in [0.3, 0.4) is 0 Å². The summed E-state index contributed by atoms with van der Waals surface area (Å²) in [5, 5.41) is 10.9. The minimum absolute atomic E-state index is 0.176. The molecule has 0 aliphatic heterocycles. The summed E-state index contributed by atoms with van der Waals surface area (Å²) in [5.41, 5.74) is 4.21. The number of nitrogens with one attached hydrogen (secondary N) is 2. The van der Waals surface area contributed by atoms with Crippen molar-refractivity contribution in [3.8, 4) is 0 Å². The normalized spacial score (nSPS) is 10.8. The van der Waals surface area contributed by atoms with Crippen LogP contribution in [-0.4, -0.2) is 31.2 Å². The van der Waals surface area contributed by atoms with Gasteiger partial charge in [-0.2, -0.15) is 0 Å². The predicted octanol–water partition coefficient (Wildman–Crippen LogP) is 9.51. The van der Waals surface area contributed by atoms with Crippen molar-refractivity contribution in [3.63, 3.8) is 0 Å². The van der Waals surface area contributed by atoms with Crippen molar-refractivity contribution in [1.29, 1.82) is 5.41 Å². The molecule has 0 aromatic heterocycles. The fourth-order valence-corrected chi connectivity index (χ4v) is 4.27. The molecule has 0 spiro atoms. The molecule has 0 heterocycles. The Labute approximate surface area is 252 Å². The lowest BCUT2D eigenvalue weighted by atomic mass is 9.89. The third kappa shape index (κ3) is 22.3. The van der Waals surface area contributed by atoms with Gasteiger partial charge in [0.05, 0.1) is 0 Å². The molecule has 2 rings (SSSR count). The molecule has 2 atom stereocenters. The number of carbonyl (C=O) groups excluding carboxylic acids is 3. The van der Waals surface area contributed by atoms with Gasteiger partial charge in [0.25, 0.3) is 0 Å². The summed E-state index contributed by atoms with van der Waals surface area (Å²) in [7, 11) is 0. The Morgan fingerprint density at radius 2 is 1.32 bits per heavy atom. The van der Waals surface area contributed by atoms with Crippen molar-refractivity contribution in [3.05, 3.63) is 71.3 Å². The van der Waals surface area contributed by atoms with Crippen molar-refractivity contribution in [2.45, 2.75) is 131 Å². The average Bonchev–Trinajstić information content (AvgIpc) is 3.04. The molecule has 41 heavy (non-hydrogen) atoms. The van der Waals surface area contributed by atoms with Crippen molar-refractivity contribution in [1.82, 2.24) is 5.32 Å². The summed E-state index contributed by atoms with van der Waals surface area (Å²) in [6.07, 6.45) is 12.1. The van der Waals surface area contributed by atoms with Crippen LogP contribution >= 0.6 is 0 Å². The Bertz CT molecular complexity index is 847. The number of unbranched alkanes of at least 4 members (excludes halogenated alkanes) is 4. The van der Waals surface area contributed by atoms with E-state index in [4.69, 9.17) is 15.0 Å². The summed E-state index contributed by atoms with van der Waals surface area (Å²) in [5.74, 6) is 0.670. The van der Waals surface area contributed by atoms with Crippen molar-refractivity contribution in [2.24, 2.45) is 0 Å². The zero-order chi connectivity index (χ0) is 31.9. The maximum atomic E-state index is 12.4. The molecular weight excluding hydrogens is 508 g/mol. The molecule has 2 N–H and O–H groups in total. The van der Waals surface area contributed by atoms with Crippen LogP contribution in [0.15, 0.2) is 54.6 Å². The first-order valence-corrected chi connectivity index (χ1v) is 15.5. The summed E-state index contributed by atoms with van der Waals surface area (Å²) in [4.78, 5) is 28.4. The number of hydrogen-bond acceptors (Lipinski definition) is 4. The Kier molecular flexibility index (Phi) is 32.5. The lowest BCUT2D eigenvalue weighted by Crippen LogP contribution is -2.35. The first-order valence-electron chi connectivity index (χ1n) is 15.5. The Morgan fingerprint density at radius 3 is 1.76 bits per heavy atom. The Morgan fingerprint density at radius 1 is 0.780 bits per heavy atom. The van der Waals surface area contributed by atoms with Crippen LogP contribution in [-0.2, 0) is 20.8 Å². The molecule has 0 aliphatic rings. The minimum Gasteiger partial charge on any atom is -0.353 e. The van der Waals surface area contributed by atoms with Crippen LogP contribution in [0.5, 0.6) is 0 Å². The lowest BCUT2D eigenvalue weighted by molar-refractivity contribution is -0.122. The van der Waals surface area contributed by atoms with Crippen LogP contribution in [0.4, 0.5) is 0 Å². The van der Waals surface area contributed by atoms with Gasteiger partial charge < -0.3 is 20.3 Å². The Balaban J connectivity index is -0.00000103. The van der Waals surface area contributed by atoms with Crippen molar-refractivity contribution in [2.75, 3.05) is 0 Å². The standard InChI is InChI=1S/C26H36N2O.C6H14.C2H6.2CH2O/c1-4-22(24-12-7-6-8-13-24)19-25(5-2)28-26(29)14-10-9-11-21-15-17-23(18-16-21)20(3)27;1-3-5-6-4-2;3*1-2/h6-8,12-13,15-18,22,25,27H,4-5,9-11,14,19H2,1-3H3,(H,28,29);3-6H2,1-2H3;1-2H3;2*1H2. The minimum atomic E-state index is 0.176. The van der Waals surface area contributed by atoms with E-state index in [1.54, 1.807) is 6.92 Å². The molecule has 0 bridgehead atoms. The van der Waals surface area contributed by atoms with Crippen LogP contribution in [0.2, 0.25) is 0 Å². The van der Waals surface area contributed by atoms with Crippen LogP contribution in [0.25, 0.3) is 0 Å². The summed E-state index contributed by atoms with van der Waals surface area (Å²) < 4.78 is 0. The highest BCUT2D eigenvalue weighted by Crippen LogP contribution is 2.25. The molecule has 0 aliphatic carbocycles. The van der Waals surface area contributed by atoms with Gasteiger partial charge in [0, 0.05) is 18.2 Å². The zero-order valence-corrected chi connectivity index (χ0v) is 27.3. The zero-order valence-electron chi connectivity index (χ0n) is 27.3. The first kappa shape index (κ1) is 42.4. The molecule has 5 heteroatoms. The van der Waals surface area contributed by atoms with Gasteiger partial charge in [-0.15, -0.1) is 0 Å². The highest BCUT2D eigenvalue weighted by atomic mass is 16.1. The van der Waals surface area contributed by atoms with E-state index >= 15 is 0 Å². The molecule has 1 amide bonds. The maximum Gasteiger partial charge on any atom is 0.220 e. The molecule has 5 nitrogen and oxygen atoms in total. The molecule has 232 valence electrons. The molecule has 0 saturated carbocycles. The van der Waals surface area contributed by atoms with E-state index in [0.717, 1.165) is 44.1 Å². The van der Waals surface area contributed by atoms with Crippen molar-refractivity contribution >= 4 is 25.2 Å². The van der Waals surface area contributed by atoms with E-state index in [9.17, 15) is 4.79 Å². The number of benzene rings is 2. The van der Waals surface area contributed by atoms with Crippen LogP contribution < -0.4 is 5.32 Å². The van der Waals surface area contributed by atoms with Crippen molar-refractivity contribution < 1.29 is 14.4 Å². The van der Waals surface area contributed by atoms with E-state index in [2.05, 4.69) is 75.5 Å². The molecular formula is C36H60N2O3. The molecule has 0 radical (unpaired) electrons. The molecule has 2 unspecified atom stereocenters. The number of rotatable bonds is 15. The van der Waals surface area contributed by atoms with Gasteiger partial charge in [0.1, 0.15) is 13.6 Å². The number of aryl methyl sites for hydroxylation is 1. The SMILES string of the molecule is C=O.C=O.CC.CCC(CC(CC)c1ccccc1)NC(=O)CCCCc1ccc(C(C)=N)cc1.CCCCCC.